The maximum atomic E-state index is 13.2. The molecule has 1 aliphatic heterocycles. The Hall–Kier alpha value is -2.52. The van der Waals surface area contributed by atoms with Gasteiger partial charge in [-0.05, 0) is 61.9 Å². The molecule has 0 aliphatic carbocycles. The van der Waals surface area contributed by atoms with Gasteiger partial charge in [0.05, 0.1) is 28.8 Å². The van der Waals surface area contributed by atoms with Crippen LogP contribution < -0.4 is 4.72 Å². The van der Waals surface area contributed by atoms with E-state index in [1.165, 1.54) is 31.0 Å². The summed E-state index contributed by atoms with van der Waals surface area (Å²) in [5.41, 5.74) is 1.41. The van der Waals surface area contributed by atoms with Gasteiger partial charge < -0.3 is 9.64 Å². The van der Waals surface area contributed by atoms with E-state index in [1.54, 1.807) is 31.2 Å². The predicted octanol–water partition coefficient (Wildman–Crippen LogP) is 4.32. The molecular formula is C23H28N2O5S2. The Balaban J connectivity index is 1.94. The van der Waals surface area contributed by atoms with Crippen LogP contribution in [0.5, 0.6) is 0 Å². The lowest BCUT2D eigenvalue weighted by Crippen LogP contribution is -2.32. The molecule has 0 atom stereocenters. The molecule has 1 aliphatic rings. The van der Waals surface area contributed by atoms with E-state index in [-0.39, 0.29) is 22.1 Å². The minimum absolute atomic E-state index is 0.00339. The van der Waals surface area contributed by atoms with Crippen molar-refractivity contribution in [1.82, 2.24) is 4.90 Å². The molecule has 0 radical (unpaired) electrons. The molecule has 0 aromatic heterocycles. The number of esters is 1. The highest BCUT2D eigenvalue weighted by molar-refractivity contribution is 7.98. The van der Waals surface area contributed by atoms with E-state index >= 15 is 0 Å². The van der Waals surface area contributed by atoms with Gasteiger partial charge in [-0.15, -0.1) is 11.8 Å². The number of hydrogen-bond donors (Lipinski definition) is 1. The molecule has 3 rings (SSSR count). The van der Waals surface area contributed by atoms with Crippen LogP contribution in [0.2, 0.25) is 0 Å². The fraction of sp³-hybridized carbons (Fsp3) is 0.391. The number of ether oxygens (including phenoxy) is 1. The monoisotopic (exact) mass is 476 g/mol. The SMILES string of the molecule is COC(=O)c1cccc(NS(=O)(=O)c2ccc(SC)c(C(=O)N3CCCCCC3)c2)c1C. The number of likely N-dealkylation sites (tertiary alicyclic amines) is 1. The number of carbonyl (C=O) groups is 2. The molecule has 7 nitrogen and oxygen atoms in total. The van der Waals surface area contributed by atoms with Crippen molar-refractivity contribution in [2.75, 3.05) is 31.2 Å². The summed E-state index contributed by atoms with van der Waals surface area (Å²) in [5, 5.41) is 0. The summed E-state index contributed by atoms with van der Waals surface area (Å²) in [7, 11) is -2.71. The molecule has 1 fully saturated rings. The maximum absolute atomic E-state index is 13.2. The Morgan fingerprint density at radius 1 is 1.03 bits per heavy atom. The maximum Gasteiger partial charge on any atom is 0.338 e. The van der Waals surface area contributed by atoms with Crippen LogP contribution in [-0.4, -0.2) is 51.6 Å². The third kappa shape index (κ3) is 5.27. The van der Waals surface area contributed by atoms with Crippen molar-refractivity contribution < 1.29 is 22.7 Å². The van der Waals surface area contributed by atoms with Gasteiger partial charge in [0.25, 0.3) is 15.9 Å². The number of nitrogens with zero attached hydrogens (tertiary/aromatic N) is 1. The first-order valence-corrected chi connectivity index (χ1v) is 13.2. The first kappa shape index (κ1) is 24.1. The van der Waals surface area contributed by atoms with Crippen molar-refractivity contribution in [1.29, 1.82) is 0 Å². The summed E-state index contributed by atoms with van der Waals surface area (Å²) in [5.74, 6) is -0.685. The summed E-state index contributed by atoms with van der Waals surface area (Å²) in [6.07, 6.45) is 5.97. The molecule has 1 heterocycles. The average Bonchev–Trinajstić information content (AvgIpc) is 3.08. The Morgan fingerprint density at radius 2 is 1.72 bits per heavy atom. The Bertz CT molecular complexity index is 1110. The summed E-state index contributed by atoms with van der Waals surface area (Å²) >= 11 is 1.41. The Labute approximate surface area is 193 Å². The molecule has 0 saturated carbocycles. The van der Waals surface area contributed by atoms with Crippen LogP contribution in [-0.2, 0) is 14.8 Å². The van der Waals surface area contributed by atoms with Gasteiger partial charge in [-0.1, -0.05) is 18.9 Å². The van der Waals surface area contributed by atoms with E-state index in [0.29, 0.717) is 24.2 Å². The number of nitrogens with one attached hydrogen (secondary N) is 1. The highest BCUT2D eigenvalue weighted by atomic mass is 32.2. The second-order valence-electron chi connectivity index (χ2n) is 7.64. The smallest absolute Gasteiger partial charge is 0.338 e. The summed E-state index contributed by atoms with van der Waals surface area (Å²) in [4.78, 5) is 27.7. The zero-order chi connectivity index (χ0) is 23.3. The van der Waals surface area contributed by atoms with Crippen molar-refractivity contribution in [3.05, 3.63) is 53.1 Å². The average molecular weight is 477 g/mol. The second kappa shape index (κ2) is 10.4. The topological polar surface area (TPSA) is 92.8 Å². The Morgan fingerprint density at radius 3 is 2.34 bits per heavy atom. The molecule has 2 aromatic carbocycles. The van der Waals surface area contributed by atoms with Crippen LogP contribution in [0.1, 0.15) is 52.0 Å². The van der Waals surface area contributed by atoms with Crippen LogP contribution in [0.25, 0.3) is 0 Å². The Kier molecular flexibility index (Phi) is 7.84. The van der Waals surface area contributed by atoms with Crippen molar-refractivity contribution in [3.63, 3.8) is 0 Å². The van der Waals surface area contributed by atoms with Crippen molar-refractivity contribution in [2.24, 2.45) is 0 Å². The number of thioether (sulfide) groups is 1. The van der Waals surface area contributed by atoms with Gasteiger partial charge in [-0.25, -0.2) is 13.2 Å². The molecule has 0 bridgehead atoms. The number of methoxy groups -OCH3 is 1. The van der Waals surface area contributed by atoms with Gasteiger partial charge in [-0.2, -0.15) is 0 Å². The lowest BCUT2D eigenvalue weighted by Gasteiger charge is -2.22. The minimum Gasteiger partial charge on any atom is -0.465 e. The van der Waals surface area contributed by atoms with Crippen LogP contribution in [0.3, 0.4) is 0 Å². The van der Waals surface area contributed by atoms with Gasteiger partial charge in [0, 0.05) is 18.0 Å². The molecule has 1 amide bonds. The van der Waals surface area contributed by atoms with Gasteiger partial charge in [0.2, 0.25) is 0 Å². The fourth-order valence-corrected chi connectivity index (χ4v) is 5.47. The first-order valence-electron chi connectivity index (χ1n) is 10.5. The molecular weight excluding hydrogens is 448 g/mol. The summed E-state index contributed by atoms with van der Waals surface area (Å²) in [6.45, 7) is 3.01. The first-order chi connectivity index (χ1) is 15.3. The summed E-state index contributed by atoms with van der Waals surface area (Å²) < 4.78 is 33.6. The molecule has 9 heteroatoms. The molecule has 32 heavy (non-hydrogen) atoms. The number of rotatable bonds is 6. The number of amides is 1. The van der Waals surface area contributed by atoms with E-state index in [9.17, 15) is 18.0 Å². The molecule has 1 N–H and O–H groups in total. The van der Waals surface area contributed by atoms with Crippen molar-refractivity contribution in [3.8, 4) is 0 Å². The molecule has 1 saturated heterocycles. The van der Waals surface area contributed by atoms with E-state index in [4.69, 9.17) is 4.74 Å². The van der Waals surface area contributed by atoms with Crippen LogP contribution in [0.4, 0.5) is 5.69 Å². The van der Waals surface area contributed by atoms with Gasteiger partial charge >= 0.3 is 5.97 Å². The lowest BCUT2D eigenvalue weighted by molar-refractivity contribution is 0.0599. The highest BCUT2D eigenvalue weighted by Gasteiger charge is 2.24. The zero-order valence-corrected chi connectivity index (χ0v) is 20.1. The lowest BCUT2D eigenvalue weighted by atomic mass is 10.1. The number of carbonyl (C=O) groups excluding carboxylic acids is 2. The van der Waals surface area contributed by atoms with Crippen molar-refractivity contribution in [2.45, 2.75) is 42.4 Å². The van der Waals surface area contributed by atoms with E-state index < -0.39 is 16.0 Å². The molecule has 2 aromatic rings. The molecule has 172 valence electrons. The highest BCUT2D eigenvalue weighted by Crippen LogP contribution is 2.28. The minimum atomic E-state index is -3.99. The number of anilines is 1. The predicted molar refractivity (Wildman–Crippen MR) is 126 cm³/mol. The third-order valence-corrected chi connectivity index (χ3v) is 7.75. The normalized spacial score (nSPS) is 14.5. The van der Waals surface area contributed by atoms with Crippen molar-refractivity contribution >= 4 is 39.3 Å². The molecule has 0 unspecified atom stereocenters. The zero-order valence-electron chi connectivity index (χ0n) is 18.5. The largest absolute Gasteiger partial charge is 0.465 e. The van der Waals surface area contributed by atoms with Gasteiger partial charge in [0.1, 0.15) is 0 Å². The number of benzene rings is 2. The van der Waals surface area contributed by atoms with Gasteiger partial charge in [-0.3, -0.25) is 9.52 Å². The third-order valence-electron chi connectivity index (χ3n) is 5.59. The standard InChI is InChI=1S/C23H28N2O5S2/c1-16-18(23(27)30-2)9-8-10-20(16)24-32(28,29)17-11-12-21(31-3)19(15-17)22(26)25-13-6-4-5-7-14-25/h8-12,15,24H,4-7,13-14H2,1-3H3. The quantitative estimate of drug-likeness (QED) is 0.493. The fourth-order valence-electron chi connectivity index (χ4n) is 3.75. The van der Waals surface area contributed by atoms with Crippen LogP contribution in [0, 0.1) is 6.92 Å². The molecule has 0 spiro atoms. The number of hydrogen-bond acceptors (Lipinski definition) is 6. The van der Waals surface area contributed by atoms with Crippen LogP contribution >= 0.6 is 11.8 Å². The van der Waals surface area contributed by atoms with Gasteiger partial charge in [0.15, 0.2) is 0 Å². The number of sulfonamides is 1. The summed E-state index contributed by atoms with van der Waals surface area (Å²) in [6, 6.07) is 9.35. The van der Waals surface area contributed by atoms with E-state index in [2.05, 4.69) is 4.72 Å². The van der Waals surface area contributed by atoms with E-state index in [1.807, 2.05) is 11.2 Å². The van der Waals surface area contributed by atoms with Crippen LogP contribution in [0.15, 0.2) is 46.2 Å². The van der Waals surface area contributed by atoms with E-state index in [0.717, 1.165) is 30.6 Å². The second-order valence-corrected chi connectivity index (χ2v) is 10.2.